The van der Waals surface area contributed by atoms with Gasteiger partial charge in [0.15, 0.2) is 5.82 Å². The minimum Gasteiger partial charge on any atom is -0.496 e. The highest BCUT2D eigenvalue weighted by Gasteiger charge is 2.50. The van der Waals surface area contributed by atoms with Gasteiger partial charge < -0.3 is 39.6 Å². The number of amides is 1. The summed E-state index contributed by atoms with van der Waals surface area (Å²) in [6, 6.07) is 8.36. The van der Waals surface area contributed by atoms with Crippen molar-refractivity contribution in [2.45, 2.75) is 105 Å². The Morgan fingerprint density at radius 3 is 2.37 bits per heavy atom. The predicted octanol–water partition coefficient (Wildman–Crippen LogP) is 5.09. The third-order valence-electron chi connectivity index (χ3n) is 11.4. The molecule has 1 amide bonds. The molecule has 3 heterocycles. The van der Waals surface area contributed by atoms with Gasteiger partial charge in [-0.25, -0.2) is 4.99 Å². The van der Waals surface area contributed by atoms with Crippen LogP contribution in [0.5, 0.6) is 5.75 Å². The third kappa shape index (κ3) is 12.9. The lowest BCUT2D eigenvalue weighted by Gasteiger charge is -2.39. The Morgan fingerprint density at radius 1 is 0.947 bits per heavy atom. The van der Waals surface area contributed by atoms with Gasteiger partial charge in [0, 0.05) is 87.4 Å². The summed E-state index contributed by atoms with van der Waals surface area (Å²) < 4.78 is 20.7. The first-order valence-corrected chi connectivity index (χ1v) is 21.5. The van der Waals surface area contributed by atoms with Gasteiger partial charge in [-0.2, -0.15) is 0 Å². The van der Waals surface area contributed by atoms with E-state index in [4.69, 9.17) is 24.9 Å². The van der Waals surface area contributed by atoms with Gasteiger partial charge in [-0.1, -0.05) is 79.2 Å². The number of aliphatic imine (C=N–C) groups is 1. The summed E-state index contributed by atoms with van der Waals surface area (Å²) in [5, 5.41) is 5.41. The fourth-order valence-electron chi connectivity index (χ4n) is 8.02. The van der Waals surface area contributed by atoms with Gasteiger partial charge in [0.05, 0.1) is 51.0 Å². The number of nitrogens with two attached hydrogens (primary N) is 1. The zero-order valence-corrected chi connectivity index (χ0v) is 36.3. The smallest absolute Gasteiger partial charge is 0.247 e. The van der Waals surface area contributed by atoms with Crippen LogP contribution in [0.1, 0.15) is 97.6 Å². The zero-order chi connectivity index (χ0) is 41.1. The number of unbranched alkanes of at least 4 members (excludes halogenated alkanes) is 2. The van der Waals surface area contributed by atoms with Crippen molar-refractivity contribution in [3.05, 3.63) is 64.3 Å². The van der Waals surface area contributed by atoms with Gasteiger partial charge in [-0.05, 0) is 48.6 Å². The van der Waals surface area contributed by atoms with Crippen LogP contribution in [0.4, 0.5) is 0 Å². The molecule has 0 unspecified atom stereocenters. The van der Waals surface area contributed by atoms with Crippen LogP contribution < -0.4 is 26.4 Å². The number of amidine groups is 1. The molecule has 1 aromatic heterocycles. The monoisotopic (exact) mass is 788 g/mol. The van der Waals surface area contributed by atoms with Crippen LogP contribution in [0, 0.1) is 10.8 Å². The van der Waals surface area contributed by atoms with Crippen molar-refractivity contribution in [3.63, 3.8) is 0 Å². The lowest BCUT2D eigenvalue weighted by atomic mass is 9.92. The number of nitrogens with one attached hydrogen (secondary N) is 1. The molecule has 3 N–H and O–H groups in total. The van der Waals surface area contributed by atoms with E-state index in [0.717, 1.165) is 131 Å². The molecule has 1 spiro atoms. The molecule has 5 rings (SSSR count). The first kappa shape index (κ1) is 44.5. The lowest BCUT2D eigenvalue weighted by molar-refractivity contribution is -0.126. The summed E-state index contributed by atoms with van der Waals surface area (Å²) >= 11 is 0. The molecule has 3 aliphatic rings. The van der Waals surface area contributed by atoms with E-state index in [9.17, 15) is 4.79 Å². The van der Waals surface area contributed by atoms with E-state index in [2.05, 4.69) is 103 Å². The van der Waals surface area contributed by atoms with Crippen molar-refractivity contribution in [3.8, 4) is 5.75 Å². The van der Waals surface area contributed by atoms with Crippen LogP contribution in [-0.4, -0.2) is 116 Å². The highest BCUT2D eigenvalue weighted by molar-refractivity contribution is 5.92. The molecule has 11 nitrogen and oxygen atoms in total. The average molecular weight is 788 g/mol. The molecular formula is C46H73N7O4. The third-order valence-corrected chi connectivity index (χ3v) is 11.4. The number of ether oxygens (including phenoxy) is 3. The molecule has 0 bridgehead atoms. The Kier molecular flexibility index (Phi) is 15.9. The minimum absolute atomic E-state index is 0.0421. The molecule has 57 heavy (non-hydrogen) atoms. The summed E-state index contributed by atoms with van der Waals surface area (Å²) in [5.74, 6) is 2.41. The second-order valence-corrected chi connectivity index (χ2v) is 18.2. The van der Waals surface area contributed by atoms with E-state index < -0.39 is 0 Å². The van der Waals surface area contributed by atoms with Crippen LogP contribution in [-0.2, 0) is 27.4 Å². The van der Waals surface area contributed by atoms with E-state index >= 15 is 0 Å². The van der Waals surface area contributed by atoms with Gasteiger partial charge >= 0.3 is 0 Å². The maximum absolute atomic E-state index is 12.3. The zero-order valence-electron chi connectivity index (χ0n) is 36.3. The molecule has 2 aromatic rings. The van der Waals surface area contributed by atoms with E-state index in [-0.39, 0.29) is 22.3 Å². The van der Waals surface area contributed by atoms with Gasteiger partial charge in [0.1, 0.15) is 11.6 Å². The molecule has 0 atom stereocenters. The van der Waals surface area contributed by atoms with Gasteiger partial charge in [0.25, 0.3) is 0 Å². The molecule has 0 radical (unpaired) electrons. The summed E-state index contributed by atoms with van der Waals surface area (Å²) in [5.41, 5.74) is 8.42. The van der Waals surface area contributed by atoms with Crippen molar-refractivity contribution < 1.29 is 19.0 Å². The number of hydrogen-bond acceptors (Lipinski definition) is 8. The number of piperazine rings is 1. The molecule has 1 saturated carbocycles. The maximum atomic E-state index is 12.3. The highest BCUT2D eigenvalue weighted by atomic mass is 16.5. The van der Waals surface area contributed by atoms with Gasteiger partial charge in [-0.3, -0.25) is 9.69 Å². The van der Waals surface area contributed by atoms with Crippen LogP contribution in [0.25, 0.3) is 12.4 Å². The number of nitrogens with zero attached hydrogens (tertiary/aromatic N) is 5. The van der Waals surface area contributed by atoms with Crippen molar-refractivity contribution in [1.82, 2.24) is 24.6 Å². The first-order chi connectivity index (χ1) is 27.3. The van der Waals surface area contributed by atoms with Crippen LogP contribution in [0.15, 0.2) is 47.6 Å². The van der Waals surface area contributed by atoms with Gasteiger partial charge in [0.2, 0.25) is 5.91 Å². The topological polar surface area (TPSA) is 110 Å². The number of carbonyl (C=O) groups excluding carboxylic acids is 1. The first-order valence-electron chi connectivity index (χ1n) is 21.5. The molecule has 2 fully saturated rings. The number of carbonyl (C=O) groups is 1. The second kappa shape index (κ2) is 20.4. The Bertz CT molecular complexity index is 1790. The molecule has 1 aromatic carbocycles. The van der Waals surface area contributed by atoms with E-state index in [1.54, 1.807) is 13.2 Å². The SMILES string of the molecule is C=c1ccn(Cc2ccc(COCC(C)(C)COCC(C)(C)CN3CCN(CCN4C(=O)C=CC45CC5)CC3)cc2OC)/c1=C(/N=C(/N)CCC)NCCCCC. The predicted molar refractivity (Wildman–Crippen MR) is 233 cm³/mol. The summed E-state index contributed by atoms with van der Waals surface area (Å²) in [6.45, 7) is 28.5. The Morgan fingerprint density at radius 2 is 1.67 bits per heavy atom. The van der Waals surface area contributed by atoms with Crippen LogP contribution in [0.3, 0.4) is 0 Å². The summed E-state index contributed by atoms with van der Waals surface area (Å²) in [7, 11) is 1.72. The van der Waals surface area contributed by atoms with Crippen molar-refractivity contribution in [2.24, 2.45) is 21.6 Å². The second-order valence-electron chi connectivity index (χ2n) is 18.2. The highest BCUT2D eigenvalue weighted by Crippen LogP contribution is 2.46. The lowest BCUT2D eigenvalue weighted by Crippen LogP contribution is -2.51. The van der Waals surface area contributed by atoms with Crippen LogP contribution >= 0.6 is 0 Å². The van der Waals surface area contributed by atoms with E-state index in [1.165, 1.54) is 0 Å². The summed E-state index contributed by atoms with van der Waals surface area (Å²) in [6.07, 6.45) is 13.3. The van der Waals surface area contributed by atoms with Crippen LogP contribution in [0.2, 0.25) is 0 Å². The van der Waals surface area contributed by atoms with Crippen molar-refractivity contribution in [1.29, 1.82) is 0 Å². The fraction of sp³-hybridized carbons (Fsp3) is 0.652. The normalized spacial score (nSPS) is 18.2. The van der Waals surface area contributed by atoms with E-state index in [0.29, 0.717) is 38.8 Å². The average Bonchev–Trinajstić information content (AvgIpc) is 3.77. The Balaban J connectivity index is 1.06. The Labute approximate surface area is 343 Å². The largest absolute Gasteiger partial charge is 0.496 e. The standard InChI is InChI=1S/C46H73N7O4/c1-9-11-12-21-48-43(49-40(47)13-10-2)42-36(3)17-22-52(42)30-38-15-14-37(29-39(38)55-8)31-56-34-45(6,7)35-57-33-44(4,5)32-51-25-23-50(24-26-51)27-28-53-41(54)16-18-46(53)19-20-46/h14-18,22,29,48H,3,9-13,19-21,23-28,30-35H2,1-2,4-8H3,(H2,47,49)/b43-42+. The Hall–Kier alpha value is -3.64. The van der Waals surface area contributed by atoms with Crippen molar-refractivity contribution >= 4 is 24.1 Å². The number of rotatable bonds is 24. The molecule has 1 aliphatic carbocycles. The molecule has 1 saturated heterocycles. The van der Waals surface area contributed by atoms with E-state index in [1.807, 2.05) is 6.07 Å². The fourth-order valence-corrected chi connectivity index (χ4v) is 8.02. The van der Waals surface area contributed by atoms with Gasteiger partial charge in [-0.15, -0.1) is 0 Å². The maximum Gasteiger partial charge on any atom is 0.247 e. The number of benzene rings is 1. The molecular weight excluding hydrogens is 715 g/mol. The number of hydrogen-bond donors (Lipinski definition) is 2. The number of aromatic nitrogens is 1. The minimum atomic E-state index is -0.129. The quantitative estimate of drug-likeness (QED) is 0.0861. The van der Waals surface area contributed by atoms with Crippen molar-refractivity contribution in [2.75, 3.05) is 79.3 Å². The molecule has 11 heteroatoms. The number of methoxy groups -OCH3 is 1. The molecule has 316 valence electrons. The summed E-state index contributed by atoms with van der Waals surface area (Å²) in [4.78, 5) is 24.3. The molecule has 2 aliphatic heterocycles.